The number of hydrogen-bond acceptors (Lipinski definition) is 5. The van der Waals surface area contributed by atoms with Crippen molar-refractivity contribution in [2.45, 2.75) is 12.7 Å². The van der Waals surface area contributed by atoms with Crippen LogP contribution in [0.2, 0.25) is 0 Å². The van der Waals surface area contributed by atoms with Gasteiger partial charge < -0.3 is 24.8 Å². The number of amides is 2. The van der Waals surface area contributed by atoms with Crippen LogP contribution in [0.1, 0.15) is 15.9 Å². The topological polar surface area (TPSA) is 88.1 Å². The maximum Gasteiger partial charge on any atom is 0.410 e. The summed E-state index contributed by atoms with van der Waals surface area (Å²) < 4.78 is 24.2. The molecule has 3 rings (SSSR count). The number of halogens is 2. The molecule has 154 valence electrons. The Bertz CT molecular complexity index is 878. The Kier molecular flexibility index (Phi) is 7.05. The first-order valence-corrected chi connectivity index (χ1v) is 9.76. The molecule has 0 bridgehead atoms. The number of benzene rings is 2. The average Bonchev–Trinajstić information content (AvgIpc) is 2.73. The van der Waals surface area contributed by atoms with E-state index in [0.29, 0.717) is 28.8 Å². The van der Waals surface area contributed by atoms with Gasteiger partial charge in [0.2, 0.25) is 0 Å². The second kappa shape index (κ2) is 9.71. The lowest BCUT2D eigenvalue weighted by atomic mass is 10.2. The van der Waals surface area contributed by atoms with Crippen molar-refractivity contribution in [2.24, 2.45) is 0 Å². The van der Waals surface area contributed by atoms with Crippen LogP contribution in [0, 0.1) is 5.82 Å². The first-order valence-electron chi connectivity index (χ1n) is 8.97. The van der Waals surface area contributed by atoms with Crippen LogP contribution in [0.15, 0.2) is 46.9 Å². The van der Waals surface area contributed by atoms with Crippen LogP contribution in [0.4, 0.5) is 9.18 Å². The van der Waals surface area contributed by atoms with E-state index in [4.69, 9.17) is 9.47 Å². The number of ether oxygens (including phenoxy) is 2. The summed E-state index contributed by atoms with van der Waals surface area (Å²) in [7, 11) is 0. The lowest BCUT2D eigenvalue weighted by Gasteiger charge is -2.32. The van der Waals surface area contributed by atoms with Crippen molar-refractivity contribution >= 4 is 27.9 Å². The van der Waals surface area contributed by atoms with Crippen LogP contribution in [0.3, 0.4) is 0 Å². The number of carbonyl (C=O) groups excluding carboxylic acids is 2. The zero-order valence-corrected chi connectivity index (χ0v) is 17.0. The molecule has 2 aromatic rings. The van der Waals surface area contributed by atoms with Crippen LogP contribution in [0.5, 0.6) is 5.75 Å². The van der Waals surface area contributed by atoms with E-state index in [-0.39, 0.29) is 43.3 Å². The fourth-order valence-corrected chi connectivity index (χ4v) is 3.16. The Morgan fingerprint density at radius 3 is 2.76 bits per heavy atom. The van der Waals surface area contributed by atoms with E-state index >= 15 is 0 Å². The van der Waals surface area contributed by atoms with Crippen LogP contribution in [-0.2, 0) is 16.1 Å². The second-order valence-corrected chi connectivity index (χ2v) is 7.35. The molecule has 0 radical (unpaired) electrons. The minimum atomic E-state index is -0.489. The van der Waals surface area contributed by atoms with E-state index in [0.717, 1.165) is 0 Å². The molecule has 7 nitrogen and oxygen atoms in total. The van der Waals surface area contributed by atoms with Gasteiger partial charge in [-0.15, -0.1) is 0 Å². The number of morpholine rings is 1. The van der Waals surface area contributed by atoms with Gasteiger partial charge in [0.15, 0.2) is 0 Å². The third kappa shape index (κ3) is 5.91. The first kappa shape index (κ1) is 21.1. The van der Waals surface area contributed by atoms with Crippen molar-refractivity contribution in [1.29, 1.82) is 0 Å². The molecule has 0 saturated carbocycles. The number of nitrogens with zero attached hydrogens (tertiary/aromatic N) is 1. The molecule has 1 heterocycles. The van der Waals surface area contributed by atoms with E-state index < -0.39 is 6.09 Å². The van der Waals surface area contributed by atoms with E-state index in [1.165, 1.54) is 35.2 Å². The summed E-state index contributed by atoms with van der Waals surface area (Å²) in [6, 6.07) is 10.2. The van der Waals surface area contributed by atoms with Crippen molar-refractivity contribution in [1.82, 2.24) is 10.2 Å². The third-order valence-corrected chi connectivity index (χ3v) is 5.01. The highest BCUT2D eigenvalue weighted by Crippen LogP contribution is 2.24. The third-order valence-electron chi connectivity index (χ3n) is 4.37. The van der Waals surface area contributed by atoms with Gasteiger partial charge in [0, 0.05) is 18.7 Å². The normalized spacial score (nSPS) is 16.3. The summed E-state index contributed by atoms with van der Waals surface area (Å²) >= 11 is 3.17. The summed E-state index contributed by atoms with van der Waals surface area (Å²) in [5.41, 5.74) is 1.08. The quantitative estimate of drug-likeness (QED) is 0.706. The average molecular weight is 467 g/mol. The number of hydrogen-bond donors (Lipinski definition) is 2. The van der Waals surface area contributed by atoms with Gasteiger partial charge in [-0.1, -0.05) is 12.1 Å². The molecule has 1 atom stereocenters. The SMILES string of the molecule is O=C(NCC1CN(C(=O)OCc2ccc(F)cc2)CCO1)c1ccc(O)c(Br)c1. The summed E-state index contributed by atoms with van der Waals surface area (Å²) in [6.07, 6.45) is -0.858. The standard InChI is InChI=1S/C20H20BrFN2O5/c21-17-9-14(3-6-18(17)25)19(26)23-10-16-11-24(7-8-28-16)20(27)29-12-13-1-4-15(22)5-2-13/h1-6,9,16,25H,7-8,10-12H2,(H,23,26). The smallest absolute Gasteiger partial charge is 0.410 e. The van der Waals surface area contributed by atoms with E-state index in [1.807, 2.05) is 0 Å². The summed E-state index contributed by atoms with van der Waals surface area (Å²) in [4.78, 5) is 26.0. The van der Waals surface area contributed by atoms with E-state index in [1.54, 1.807) is 12.1 Å². The maximum absolute atomic E-state index is 12.9. The van der Waals surface area contributed by atoms with Gasteiger partial charge >= 0.3 is 6.09 Å². The Balaban J connectivity index is 1.46. The fourth-order valence-electron chi connectivity index (χ4n) is 2.78. The van der Waals surface area contributed by atoms with Crippen molar-refractivity contribution in [3.05, 3.63) is 63.9 Å². The van der Waals surface area contributed by atoms with Crippen LogP contribution < -0.4 is 5.32 Å². The monoisotopic (exact) mass is 466 g/mol. The fraction of sp³-hybridized carbons (Fsp3) is 0.300. The largest absolute Gasteiger partial charge is 0.507 e. The number of phenolic OH excluding ortho intramolecular Hbond substituents is 1. The number of phenols is 1. The van der Waals surface area contributed by atoms with E-state index in [2.05, 4.69) is 21.2 Å². The molecule has 9 heteroatoms. The van der Waals surface area contributed by atoms with E-state index in [9.17, 15) is 19.1 Å². The van der Waals surface area contributed by atoms with Crippen molar-refractivity contribution in [2.75, 3.05) is 26.2 Å². The lowest BCUT2D eigenvalue weighted by molar-refractivity contribution is -0.0263. The molecule has 1 aliphatic rings. The number of aromatic hydroxyl groups is 1. The number of carbonyl (C=O) groups is 2. The molecule has 2 N–H and O–H groups in total. The summed E-state index contributed by atoms with van der Waals surface area (Å²) in [6.45, 7) is 1.27. The van der Waals surface area contributed by atoms with Crippen molar-refractivity contribution in [3.63, 3.8) is 0 Å². The molecule has 2 amide bonds. The lowest BCUT2D eigenvalue weighted by Crippen LogP contribution is -2.49. The van der Waals surface area contributed by atoms with Gasteiger partial charge in [0.25, 0.3) is 5.91 Å². The predicted octanol–water partition coefficient (Wildman–Crippen LogP) is 3.06. The van der Waals surface area contributed by atoms with Gasteiger partial charge in [-0.05, 0) is 51.8 Å². The molecule has 2 aromatic carbocycles. The molecular formula is C20H20BrFN2O5. The highest BCUT2D eigenvalue weighted by molar-refractivity contribution is 9.10. The van der Waals surface area contributed by atoms with Crippen LogP contribution in [0.25, 0.3) is 0 Å². The van der Waals surface area contributed by atoms with Crippen molar-refractivity contribution in [3.8, 4) is 5.75 Å². The van der Waals surface area contributed by atoms with Gasteiger partial charge in [-0.3, -0.25) is 4.79 Å². The highest BCUT2D eigenvalue weighted by atomic mass is 79.9. The molecular weight excluding hydrogens is 447 g/mol. The number of nitrogens with one attached hydrogen (secondary N) is 1. The minimum Gasteiger partial charge on any atom is -0.507 e. The Morgan fingerprint density at radius 2 is 2.03 bits per heavy atom. The maximum atomic E-state index is 12.9. The minimum absolute atomic E-state index is 0.0481. The number of rotatable bonds is 5. The molecule has 1 aliphatic heterocycles. The van der Waals surface area contributed by atoms with Crippen LogP contribution in [-0.4, -0.2) is 54.4 Å². The molecule has 0 aromatic heterocycles. The Labute approximate surface area is 175 Å². The van der Waals surface area contributed by atoms with Gasteiger partial charge in [0.05, 0.1) is 23.7 Å². The second-order valence-electron chi connectivity index (χ2n) is 6.50. The Morgan fingerprint density at radius 1 is 1.28 bits per heavy atom. The van der Waals surface area contributed by atoms with Gasteiger partial charge in [-0.2, -0.15) is 0 Å². The molecule has 0 spiro atoms. The van der Waals surface area contributed by atoms with Crippen LogP contribution >= 0.6 is 15.9 Å². The zero-order chi connectivity index (χ0) is 20.8. The summed E-state index contributed by atoms with van der Waals surface area (Å²) in [5.74, 6) is -0.616. The predicted molar refractivity (Wildman–Crippen MR) is 106 cm³/mol. The molecule has 1 unspecified atom stereocenters. The highest BCUT2D eigenvalue weighted by Gasteiger charge is 2.25. The van der Waals surface area contributed by atoms with Crippen molar-refractivity contribution < 1.29 is 28.6 Å². The summed E-state index contributed by atoms with van der Waals surface area (Å²) in [5, 5.41) is 12.3. The molecule has 0 aliphatic carbocycles. The molecule has 1 fully saturated rings. The first-order chi connectivity index (χ1) is 13.9. The Hall–Kier alpha value is -2.65. The van der Waals surface area contributed by atoms with Gasteiger partial charge in [0.1, 0.15) is 18.2 Å². The molecule has 29 heavy (non-hydrogen) atoms. The van der Waals surface area contributed by atoms with Gasteiger partial charge in [-0.25, -0.2) is 9.18 Å². The zero-order valence-electron chi connectivity index (χ0n) is 15.4. The molecule has 1 saturated heterocycles.